The summed E-state index contributed by atoms with van der Waals surface area (Å²) in [6, 6.07) is 13.0. The summed E-state index contributed by atoms with van der Waals surface area (Å²) in [5, 5.41) is 4.32. The maximum absolute atomic E-state index is 12.3. The van der Waals surface area contributed by atoms with Crippen molar-refractivity contribution in [2.45, 2.75) is 25.7 Å². The van der Waals surface area contributed by atoms with Crippen LogP contribution in [0.15, 0.2) is 42.5 Å². The Balaban J connectivity index is 1.50. The van der Waals surface area contributed by atoms with E-state index in [9.17, 15) is 9.59 Å². The van der Waals surface area contributed by atoms with E-state index in [1.54, 1.807) is 43.6 Å². The van der Waals surface area contributed by atoms with Gasteiger partial charge in [-0.15, -0.1) is 11.3 Å². The molecule has 5 nitrogen and oxygen atoms in total. The van der Waals surface area contributed by atoms with Gasteiger partial charge < -0.3 is 10.2 Å². The molecule has 0 spiro atoms. The summed E-state index contributed by atoms with van der Waals surface area (Å²) in [6.45, 7) is 0. The van der Waals surface area contributed by atoms with E-state index in [1.165, 1.54) is 9.60 Å². The highest BCUT2D eigenvalue weighted by Gasteiger charge is 2.12. The van der Waals surface area contributed by atoms with Crippen LogP contribution in [-0.4, -0.2) is 35.8 Å². The summed E-state index contributed by atoms with van der Waals surface area (Å²) in [5.74, 6) is -0.247. The lowest BCUT2D eigenvalue weighted by molar-refractivity contribution is -0.116. The number of unbranched alkanes of at least 4 members (excludes halogenated alkanes) is 1. The molecule has 3 rings (SSSR count). The number of nitrogens with one attached hydrogen (secondary N) is 1. The number of benzene rings is 2. The fraction of sp³-hybridized carbons (Fsp3) is 0.286. The number of nitrogens with zero attached hydrogens (tertiary/aromatic N) is 2. The topological polar surface area (TPSA) is 62.3 Å². The Bertz CT molecular complexity index is 967. The summed E-state index contributed by atoms with van der Waals surface area (Å²) in [7, 11) is 3.36. The molecule has 1 N–H and O–H groups in total. The van der Waals surface area contributed by atoms with Crippen molar-refractivity contribution < 1.29 is 9.59 Å². The van der Waals surface area contributed by atoms with E-state index in [2.05, 4.69) is 16.4 Å². The number of carbonyl (C=O) groups excluding carboxylic acids is 2. The fourth-order valence-electron chi connectivity index (χ4n) is 2.81. The molecule has 0 fully saturated rings. The van der Waals surface area contributed by atoms with Crippen molar-refractivity contribution in [2.75, 3.05) is 19.4 Å². The smallest absolute Gasteiger partial charge is 0.253 e. The largest absolute Gasteiger partial charge is 0.345 e. The highest BCUT2D eigenvalue weighted by molar-refractivity contribution is 7.18. The fourth-order valence-corrected chi connectivity index (χ4v) is 3.99. The van der Waals surface area contributed by atoms with E-state index in [-0.39, 0.29) is 11.8 Å². The highest BCUT2D eigenvalue weighted by Crippen LogP contribution is 2.25. The maximum atomic E-state index is 12.3. The Morgan fingerprint density at radius 3 is 2.68 bits per heavy atom. The molecule has 28 heavy (non-hydrogen) atoms. The first-order valence-corrected chi connectivity index (χ1v) is 10.3. The summed E-state index contributed by atoms with van der Waals surface area (Å²) >= 11 is 7.86. The van der Waals surface area contributed by atoms with Crippen molar-refractivity contribution in [3.05, 3.63) is 58.1 Å². The molecule has 7 heteroatoms. The average Bonchev–Trinajstić information content (AvgIpc) is 3.09. The molecule has 0 aliphatic heterocycles. The third-order valence-electron chi connectivity index (χ3n) is 4.28. The number of aryl methyl sites for hydroxylation is 1. The van der Waals surface area contributed by atoms with Gasteiger partial charge in [0.05, 0.1) is 25.9 Å². The number of carbonyl (C=O) groups is 2. The zero-order valence-corrected chi connectivity index (χ0v) is 17.4. The lowest BCUT2D eigenvalue weighted by Crippen LogP contribution is -2.22. The molecule has 1 aromatic heterocycles. The molecule has 0 aliphatic carbocycles. The molecule has 0 saturated heterocycles. The van der Waals surface area contributed by atoms with E-state index in [0.717, 1.165) is 29.8 Å². The highest BCUT2D eigenvalue weighted by atomic mass is 35.5. The number of rotatable bonds is 7. The number of hydrogen-bond donors (Lipinski definition) is 1. The zero-order chi connectivity index (χ0) is 20.1. The van der Waals surface area contributed by atoms with Gasteiger partial charge in [0.2, 0.25) is 5.91 Å². The minimum absolute atomic E-state index is 0.111. The summed E-state index contributed by atoms with van der Waals surface area (Å²) < 4.78 is 1.19. The molecule has 2 amide bonds. The van der Waals surface area contributed by atoms with E-state index in [4.69, 9.17) is 11.6 Å². The van der Waals surface area contributed by atoms with E-state index >= 15 is 0 Å². The molecule has 0 aliphatic rings. The van der Waals surface area contributed by atoms with Crippen LogP contribution < -0.4 is 5.32 Å². The monoisotopic (exact) mass is 415 g/mol. The zero-order valence-electron chi connectivity index (χ0n) is 15.9. The van der Waals surface area contributed by atoms with Gasteiger partial charge in [-0.2, -0.15) is 0 Å². The first-order chi connectivity index (χ1) is 13.4. The van der Waals surface area contributed by atoms with Crippen molar-refractivity contribution in [1.29, 1.82) is 0 Å². The van der Waals surface area contributed by atoms with Crippen LogP contribution in [0.1, 0.15) is 34.6 Å². The number of fused-ring (bicyclic) bond motifs is 1. The predicted octanol–water partition coefficient (Wildman–Crippen LogP) is 5.00. The second-order valence-electron chi connectivity index (χ2n) is 6.72. The number of amides is 2. The van der Waals surface area contributed by atoms with Crippen molar-refractivity contribution >= 4 is 50.7 Å². The molecule has 2 aromatic carbocycles. The Morgan fingerprint density at radius 2 is 1.93 bits per heavy atom. The molecule has 3 aromatic rings. The van der Waals surface area contributed by atoms with Crippen molar-refractivity contribution in [3.8, 4) is 0 Å². The van der Waals surface area contributed by atoms with Gasteiger partial charge in [0.25, 0.3) is 5.91 Å². The van der Waals surface area contributed by atoms with Gasteiger partial charge in [0.15, 0.2) is 0 Å². The molecule has 0 bridgehead atoms. The molecule has 146 valence electrons. The molecule has 0 atom stereocenters. The first-order valence-electron chi connectivity index (χ1n) is 9.09. The minimum Gasteiger partial charge on any atom is -0.345 e. The van der Waals surface area contributed by atoms with Crippen LogP contribution in [-0.2, 0) is 11.2 Å². The Morgan fingerprint density at radius 1 is 1.14 bits per heavy atom. The number of para-hydroxylation sites is 1. The van der Waals surface area contributed by atoms with Crippen molar-refractivity contribution in [1.82, 2.24) is 9.88 Å². The van der Waals surface area contributed by atoms with Crippen LogP contribution in [0.4, 0.5) is 5.69 Å². The normalized spacial score (nSPS) is 10.8. The lowest BCUT2D eigenvalue weighted by Gasteiger charge is -2.13. The van der Waals surface area contributed by atoms with Crippen molar-refractivity contribution in [3.63, 3.8) is 0 Å². The number of halogens is 1. The SMILES string of the molecule is CN(C)C(=O)c1ccc(Cl)c(NC(=O)CCCCc2nc3ccccc3s2)c1. The number of anilines is 1. The first kappa shape index (κ1) is 20.3. The Hall–Kier alpha value is -2.44. The summed E-state index contributed by atoms with van der Waals surface area (Å²) in [5.41, 5.74) is 1.98. The second kappa shape index (κ2) is 9.17. The third-order valence-corrected chi connectivity index (χ3v) is 5.70. The number of hydrogen-bond acceptors (Lipinski definition) is 4. The van der Waals surface area contributed by atoms with Gasteiger partial charge in [-0.05, 0) is 49.6 Å². The standard InChI is InChI=1S/C21H22ClN3O2S/c1-25(2)21(27)14-11-12-15(22)17(13-14)23-19(26)9-5-6-10-20-24-16-7-3-4-8-18(16)28-20/h3-4,7-8,11-13H,5-6,9-10H2,1-2H3,(H,23,26). The van der Waals surface area contributed by atoms with Crippen LogP contribution in [0.25, 0.3) is 10.2 Å². The van der Waals surface area contributed by atoms with Crippen LogP contribution in [0.3, 0.4) is 0 Å². The lowest BCUT2D eigenvalue weighted by atomic mass is 10.1. The van der Waals surface area contributed by atoms with Gasteiger partial charge in [0.1, 0.15) is 0 Å². The van der Waals surface area contributed by atoms with Gasteiger partial charge in [0, 0.05) is 26.1 Å². The molecule has 1 heterocycles. The summed E-state index contributed by atoms with van der Waals surface area (Å²) in [4.78, 5) is 30.4. The van der Waals surface area contributed by atoms with Crippen LogP contribution in [0, 0.1) is 0 Å². The predicted molar refractivity (Wildman–Crippen MR) is 115 cm³/mol. The van der Waals surface area contributed by atoms with Crippen LogP contribution in [0.2, 0.25) is 5.02 Å². The van der Waals surface area contributed by atoms with Crippen LogP contribution >= 0.6 is 22.9 Å². The van der Waals surface area contributed by atoms with E-state index < -0.39 is 0 Å². The van der Waals surface area contributed by atoms with Gasteiger partial charge >= 0.3 is 0 Å². The molecular weight excluding hydrogens is 394 g/mol. The Labute approximate surface area is 173 Å². The Kier molecular flexibility index (Phi) is 6.65. The van der Waals surface area contributed by atoms with Gasteiger partial charge in [-0.25, -0.2) is 4.98 Å². The van der Waals surface area contributed by atoms with Gasteiger partial charge in [-0.3, -0.25) is 9.59 Å². The van der Waals surface area contributed by atoms with Crippen molar-refractivity contribution in [2.24, 2.45) is 0 Å². The maximum Gasteiger partial charge on any atom is 0.253 e. The third kappa shape index (κ3) is 5.09. The van der Waals surface area contributed by atoms with Crippen LogP contribution in [0.5, 0.6) is 0 Å². The molecular formula is C21H22ClN3O2S. The molecule has 0 radical (unpaired) electrons. The minimum atomic E-state index is -0.136. The molecule has 0 unspecified atom stereocenters. The average molecular weight is 416 g/mol. The quantitative estimate of drug-likeness (QED) is 0.552. The van der Waals surface area contributed by atoms with Gasteiger partial charge in [-0.1, -0.05) is 23.7 Å². The molecule has 0 saturated carbocycles. The van der Waals surface area contributed by atoms with E-state index in [1.807, 2.05) is 18.2 Å². The number of thiazole rings is 1. The summed E-state index contributed by atoms with van der Waals surface area (Å²) in [6.07, 6.45) is 2.91. The second-order valence-corrected chi connectivity index (χ2v) is 8.25. The number of aromatic nitrogens is 1. The van der Waals surface area contributed by atoms with E-state index in [0.29, 0.717) is 22.7 Å².